The lowest BCUT2D eigenvalue weighted by molar-refractivity contribution is -0.144. The molecule has 1 heterocycles. The summed E-state index contributed by atoms with van der Waals surface area (Å²) >= 11 is 0. The van der Waals surface area contributed by atoms with Gasteiger partial charge in [-0.05, 0) is 50.4 Å². The van der Waals surface area contributed by atoms with Gasteiger partial charge in [0.25, 0.3) is 5.91 Å². The zero-order valence-electron chi connectivity index (χ0n) is 33.2. The summed E-state index contributed by atoms with van der Waals surface area (Å²) in [5.74, 6) is -11.7. The van der Waals surface area contributed by atoms with Gasteiger partial charge in [-0.15, -0.1) is 0 Å². The quantitative estimate of drug-likeness (QED) is 0.0471. The predicted molar refractivity (Wildman–Crippen MR) is 199 cm³/mol. The van der Waals surface area contributed by atoms with Gasteiger partial charge in [0, 0.05) is 26.3 Å². The molecule has 0 spiro atoms. The number of ketones is 1. The lowest BCUT2D eigenvalue weighted by atomic mass is 9.98. The van der Waals surface area contributed by atoms with Crippen molar-refractivity contribution in [2.45, 2.75) is 136 Å². The largest absolute Gasteiger partial charge is 0.481 e. The first-order chi connectivity index (χ1) is 26.6. The van der Waals surface area contributed by atoms with E-state index < -0.39 is 133 Å². The zero-order valence-corrected chi connectivity index (χ0v) is 33.2. The summed E-state index contributed by atoms with van der Waals surface area (Å²) in [7, 11) is 0. The molecule has 21 nitrogen and oxygen atoms in total. The number of Topliss-reactive ketones (excluding diaryl/α,β-unsaturated/α-hetero) is 1. The van der Waals surface area contributed by atoms with Crippen molar-refractivity contribution in [2.75, 3.05) is 13.1 Å². The lowest BCUT2D eigenvalue weighted by Gasteiger charge is -2.32. The van der Waals surface area contributed by atoms with E-state index in [1.165, 1.54) is 4.90 Å². The minimum Gasteiger partial charge on any atom is -0.481 e. The lowest BCUT2D eigenvalue weighted by Crippen LogP contribution is -2.60. The molecule has 57 heavy (non-hydrogen) atoms. The summed E-state index contributed by atoms with van der Waals surface area (Å²) in [6, 6.07) is -7.80. The molecule has 0 aliphatic carbocycles. The van der Waals surface area contributed by atoms with Crippen molar-refractivity contribution in [3.63, 3.8) is 0 Å². The van der Waals surface area contributed by atoms with E-state index in [9.17, 15) is 57.8 Å². The fourth-order valence-electron chi connectivity index (χ4n) is 6.06. The smallest absolute Gasteiger partial charge is 0.322 e. The standard InChI is InChI=1S/C36H57N7O14/c1-7-9-21(30(51)35(56)37-17-28(49)50)39-33(54)25-10-8-15-43(25)36(57)24(16-18(2)3)41-34(55)29(19(4)5)42-32(53)23(12-14-27(47)48)40-31(52)22(38-20(6)44)11-13-26(45)46/h18-19,21-25,29H,7-17H2,1-6H3,(H,37,56)(H,38,44)(H,39,54)(H,40,52)(H,41,55)(H,42,53)(H,45,46)(H,47,48)(H,49,50). The second-order valence-corrected chi connectivity index (χ2v) is 14.6. The molecule has 320 valence electrons. The van der Waals surface area contributed by atoms with Crippen molar-refractivity contribution in [1.82, 2.24) is 36.8 Å². The minimum absolute atomic E-state index is 0.0571. The second-order valence-electron chi connectivity index (χ2n) is 14.6. The van der Waals surface area contributed by atoms with Crippen molar-refractivity contribution < 1.29 is 68.1 Å². The van der Waals surface area contributed by atoms with E-state index in [2.05, 4.69) is 26.6 Å². The van der Waals surface area contributed by atoms with Crippen molar-refractivity contribution in [1.29, 1.82) is 0 Å². The molecule has 0 aromatic heterocycles. The third-order valence-corrected chi connectivity index (χ3v) is 8.86. The first-order valence-corrected chi connectivity index (χ1v) is 18.9. The summed E-state index contributed by atoms with van der Waals surface area (Å²) < 4.78 is 0. The van der Waals surface area contributed by atoms with Crippen LogP contribution in [-0.2, 0) is 52.7 Å². The number of carboxylic acids is 3. The number of carbonyl (C=O) groups is 11. The molecule has 9 N–H and O–H groups in total. The Labute approximate surface area is 330 Å². The van der Waals surface area contributed by atoms with E-state index >= 15 is 0 Å². The Bertz CT molecular complexity index is 1520. The van der Waals surface area contributed by atoms with Crippen LogP contribution in [0.3, 0.4) is 0 Å². The molecule has 21 heteroatoms. The molecule has 0 radical (unpaired) electrons. The van der Waals surface area contributed by atoms with E-state index in [0.717, 1.165) is 6.92 Å². The number of nitrogens with one attached hydrogen (secondary N) is 6. The van der Waals surface area contributed by atoms with Crippen LogP contribution in [0, 0.1) is 11.8 Å². The maximum absolute atomic E-state index is 14.1. The number of amides is 7. The molecule has 0 bridgehead atoms. The number of likely N-dealkylation sites (tertiary alicyclic amines) is 1. The zero-order chi connectivity index (χ0) is 43.6. The number of hydrogen-bond acceptors (Lipinski definition) is 11. The number of aliphatic carboxylic acids is 3. The number of rotatable bonds is 25. The fourth-order valence-corrected chi connectivity index (χ4v) is 6.06. The third kappa shape index (κ3) is 17.4. The van der Waals surface area contributed by atoms with Gasteiger partial charge in [0.2, 0.25) is 41.2 Å². The highest BCUT2D eigenvalue weighted by Gasteiger charge is 2.40. The molecule has 6 unspecified atom stereocenters. The number of hydrogen-bond donors (Lipinski definition) is 9. The van der Waals surface area contributed by atoms with Crippen molar-refractivity contribution in [3.8, 4) is 0 Å². The monoisotopic (exact) mass is 811 g/mol. The summed E-state index contributed by atoms with van der Waals surface area (Å²) in [6.07, 6.45) is -0.729. The van der Waals surface area contributed by atoms with Crippen molar-refractivity contribution in [3.05, 3.63) is 0 Å². The highest BCUT2D eigenvalue weighted by atomic mass is 16.4. The second kappa shape index (κ2) is 24.1. The normalized spacial score (nSPS) is 16.3. The maximum Gasteiger partial charge on any atom is 0.322 e. The molecule has 7 amide bonds. The van der Waals surface area contributed by atoms with Crippen LogP contribution >= 0.6 is 0 Å². The van der Waals surface area contributed by atoms with Crippen LogP contribution in [0.25, 0.3) is 0 Å². The van der Waals surface area contributed by atoms with Gasteiger partial charge >= 0.3 is 17.9 Å². The summed E-state index contributed by atoms with van der Waals surface area (Å²) in [5, 5.41) is 41.5. The molecule has 0 aromatic rings. The van der Waals surface area contributed by atoms with Gasteiger partial charge in [0.15, 0.2) is 0 Å². The average molecular weight is 812 g/mol. The Morgan fingerprint density at radius 3 is 1.70 bits per heavy atom. The van der Waals surface area contributed by atoms with Gasteiger partial charge in [-0.25, -0.2) is 0 Å². The molecule has 1 aliphatic rings. The van der Waals surface area contributed by atoms with E-state index in [0.29, 0.717) is 12.8 Å². The van der Waals surface area contributed by atoms with Crippen LogP contribution in [0.15, 0.2) is 0 Å². The molecular weight excluding hydrogens is 754 g/mol. The fraction of sp³-hybridized carbons (Fsp3) is 0.694. The van der Waals surface area contributed by atoms with Crippen LogP contribution in [0.5, 0.6) is 0 Å². The van der Waals surface area contributed by atoms with E-state index in [1.807, 2.05) is 5.32 Å². The third-order valence-electron chi connectivity index (χ3n) is 8.86. The topological polar surface area (TPSA) is 324 Å². The van der Waals surface area contributed by atoms with Gasteiger partial charge < -0.3 is 52.1 Å². The van der Waals surface area contributed by atoms with E-state index in [-0.39, 0.29) is 38.1 Å². The van der Waals surface area contributed by atoms with E-state index in [4.69, 9.17) is 10.2 Å². The Morgan fingerprint density at radius 1 is 0.667 bits per heavy atom. The first kappa shape index (κ1) is 49.4. The molecule has 1 fully saturated rings. The number of carbonyl (C=O) groups excluding carboxylic acids is 8. The Kier molecular flexibility index (Phi) is 20.9. The molecule has 6 atom stereocenters. The Morgan fingerprint density at radius 2 is 1.21 bits per heavy atom. The van der Waals surface area contributed by atoms with Gasteiger partial charge in [-0.1, -0.05) is 41.0 Å². The van der Waals surface area contributed by atoms with Gasteiger partial charge in [-0.2, -0.15) is 0 Å². The van der Waals surface area contributed by atoms with Crippen molar-refractivity contribution in [2.24, 2.45) is 11.8 Å². The summed E-state index contributed by atoms with van der Waals surface area (Å²) in [6.45, 7) is 8.88. The maximum atomic E-state index is 14.1. The van der Waals surface area contributed by atoms with Crippen LogP contribution in [0.2, 0.25) is 0 Å². The van der Waals surface area contributed by atoms with Gasteiger partial charge in [0.05, 0.1) is 6.04 Å². The highest BCUT2D eigenvalue weighted by molar-refractivity contribution is 6.38. The molecule has 0 aromatic carbocycles. The highest BCUT2D eigenvalue weighted by Crippen LogP contribution is 2.21. The van der Waals surface area contributed by atoms with Gasteiger partial charge in [0.1, 0.15) is 36.8 Å². The average Bonchev–Trinajstić information content (AvgIpc) is 3.61. The van der Waals surface area contributed by atoms with Crippen LogP contribution in [0.1, 0.15) is 99.3 Å². The van der Waals surface area contributed by atoms with Crippen LogP contribution in [-0.4, -0.2) is 135 Å². The van der Waals surface area contributed by atoms with Crippen LogP contribution < -0.4 is 31.9 Å². The van der Waals surface area contributed by atoms with E-state index in [1.54, 1.807) is 34.6 Å². The SMILES string of the molecule is CCCC(NC(=O)C1CCCN1C(=O)C(CC(C)C)NC(=O)C(NC(=O)C(CCC(=O)O)NC(=O)C(CCC(=O)O)NC(C)=O)C(C)C)C(=O)C(=O)NCC(=O)O. The Hall–Kier alpha value is -5.63. The minimum atomic E-state index is -1.53. The molecular formula is C36H57N7O14. The first-order valence-electron chi connectivity index (χ1n) is 18.9. The summed E-state index contributed by atoms with van der Waals surface area (Å²) in [4.78, 5) is 139. The number of carboxylic acid groups (broad SMARTS) is 3. The van der Waals surface area contributed by atoms with Crippen molar-refractivity contribution >= 4 is 65.0 Å². The molecule has 0 saturated carbocycles. The molecule has 1 saturated heterocycles. The number of nitrogens with zero attached hydrogens (tertiary/aromatic N) is 1. The predicted octanol–water partition coefficient (Wildman–Crippen LogP) is -1.58. The van der Waals surface area contributed by atoms with Crippen LogP contribution in [0.4, 0.5) is 0 Å². The summed E-state index contributed by atoms with van der Waals surface area (Å²) in [5.41, 5.74) is 0. The Balaban J connectivity index is 3.27. The van der Waals surface area contributed by atoms with Gasteiger partial charge in [-0.3, -0.25) is 52.7 Å². The molecule has 1 aliphatic heterocycles. The molecule has 1 rings (SSSR count).